The van der Waals surface area contributed by atoms with Crippen LogP contribution in [-0.4, -0.2) is 23.4 Å². The summed E-state index contributed by atoms with van der Waals surface area (Å²) >= 11 is 0. The van der Waals surface area contributed by atoms with Gasteiger partial charge < -0.3 is 5.32 Å². The number of nitrogens with one attached hydrogen (secondary N) is 1. The summed E-state index contributed by atoms with van der Waals surface area (Å²) in [6, 6.07) is 10.5. The topological polar surface area (TPSA) is 42.0 Å². The van der Waals surface area contributed by atoms with Crippen molar-refractivity contribution in [3.8, 4) is 0 Å². The molecule has 1 saturated carbocycles. The van der Waals surface area contributed by atoms with Crippen molar-refractivity contribution in [1.29, 1.82) is 0 Å². The molecule has 1 fully saturated rings. The Bertz CT molecular complexity index is 570. The Morgan fingerprint density at radius 1 is 1.28 bits per heavy atom. The van der Waals surface area contributed by atoms with Crippen LogP contribution in [0.5, 0.6) is 0 Å². The number of benzene rings is 1. The maximum absolute atomic E-state index is 11.9. The van der Waals surface area contributed by atoms with Crippen LogP contribution in [0.2, 0.25) is 0 Å². The fourth-order valence-electron chi connectivity index (χ4n) is 2.13. The van der Waals surface area contributed by atoms with Gasteiger partial charge in [0.2, 0.25) is 0 Å². The predicted molar refractivity (Wildman–Crippen MR) is 71.5 cm³/mol. The summed E-state index contributed by atoms with van der Waals surface area (Å²) < 4.78 is 0. The van der Waals surface area contributed by atoms with E-state index in [2.05, 4.69) is 10.3 Å². The number of Topliss-reactive ketones (excluding diaryl/α,β-unsaturated/α-hetero) is 1. The van der Waals surface area contributed by atoms with Crippen LogP contribution in [0.1, 0.15) is 18.4 Å². The highest BCUT2D eigenvalue weighted by Crippen LogP contribution is 2.19. The van der Waals surface area contributed by atoms with Crippen molar-refractivity contribution in [2.75, 3.05) is 6.54 Å². The Labute approximate surface area is 106 Å². The first-order valence-corrected chi connectivity index (χ1v) is 6.40. The lowest BCUT2D eigenvalue weighted by atomic mass is 10.0. The minimum Gasteiger partial charge on any atom is -0.307 e. The van der Waals surface area contributed by atoms with Gasteiger partial charge in [0.25, 0.3) is 0 Å². The lowest BCUT2D eigenvalue weighted by Crippen LogP contribution is -2.25. The second-order valence-corrected chi connectivity index (χ2v) is 4.86. The van der Waals surface area contributed by atoms with E-state index in [0.717, 1.165) is 16.5 Å². The summed E-state index contributed by atoms with van der Waals surface area (Å²) in [7, 11) is 0. The van der Waals surface area contributed by atoms with Crippen molar-refractivity contribution in [1.82, 2.24) is 10.3 Å². The third-order valence-electron chi connectivity index (χ3n) is 3.29. The Balaban J connectivity index is 1.74. The molecule has 18 heavy (non-hydrogen) atoms. The summed E-state index contributed by atoms with van der Waals surface area (Å²) in [5.41, 5.74) is 2.03. The molecular weight excluding hydrogens is 224 g/mol. The average Bonchev–Trinajstić information content (AvgIpc) is 3.21. The molecule has 3 nitrogen and oxygen atoms in total. The number of hydrogen-bond acceptors (Lipinski definition) is 3. The highest BCUT2D eigenvalue weighted by atomic mass is 16.1. The van der Waals surface area contributed by atoms with Gasteiger partial charge >= 0.3 is 0 Å². The third kappa shape index (κ3) is 2.57. The Morgan fingerprint density at radius 2 is 2.11 bits per heavy atom. The van der Waals surface area contributed by atoms with Crippen LogP contribution in [-0.2, 0) is 11.2 Å². The zero-order valence-electron chi connectivity index (χ0n) is 10.2. The van der Waals surface area contributed by atoms with Gasteiger partial charge in [0.1, 0.15) is 0 Å². The maximum Gasteiger partial charge on any atom is 0.151 e. The first-order valence-electron chi connectivity index (χ1n) is 6.40. The van der Waals surface area contributed by atoms with Crippen LogP contribution in [0, 0.1) is 0 Å². The predicted octanol–water partition coefficient (Wildman–Crippen LogP) is 2.10. The van der Waals surface area contributed by atoms with E-state index < -0.39 is 0 Å². The number of carbonyl (C=O) groups excluding carboxylic acids is 1. The quantitative estimate of drug-likeness (QED) is 0.870. The van der Waals surface area contributed by atoms with E-state index in [0.29, 0.717) is 19.0 Å². The average molecular weight is 240 g/mol. The van der Waals surface area contributed by atoms with Crippen molar-refractivity contribution in [3.63, 3.8) is 0 Å². The Kier molecular flexibility index (Phi) is 3.07. The van der Waals surface area contributed by atoms with Crippen LogP contribution >= 0.6 is 0 Å². The highest BCUT2D eigenvalue weighted by Gasteiger charge is 2.21. The van der Waals surface area contributed by atoms with Crippen molar-refractivity contribution in [2.24, 2.45) is 0 Å². The molecule has 1 N–H and O–H groups in total. The van der Waals surface area contributed by atoms with E-state index in [1.807, 2.05) is 30.3 Å². The van der Waals surface area contributed by atoms with Gasteiger partial charge in [0, 0.05) is 24.0 Å². The molecule has 3 rings (SSSR count). The van der Waals surface area contributed by atoms with E-state index in [1.54, 1.807) is 6.20 Å². The summed E-state index contributed by atoms with van der Waals surface area (Å²) in [6.07, 6.45) is 4.69. The minimum atomic E-state index is 0.248. The number of carbonyl (C=O) groups is 1. The molecule has 0 amide bonds. The van der Waals surface area contributed by atoms with Crippen LogP contribution in [0.4, 0.5) is 0 Å². The first kappa shape index (κ1) is 11.4. The van der Waals surface area contributed by atoms with Crippen molar-refractivity contribution in [2.45, 2.75) is 25.3 Å². The number of ketones is 1. The molecule has 0 saturated heterocycles. The Hall–Kier alpha value is -1.74. The summed E-state index contributed by atoms with van der Waals surface area (Å²) in [6.45, 7) is 0.487. The largest absolute Gasteiger partial charge is 0.307 e. The van der Waals surface area contributed by atoms with Gasteiger partial charge in [-0.2, -0.15) is 0 Å². The van der Waals surface area contributed by atoms with E-state index in [1.165, 1.54) is 12.8 Å². The van der Waals surface area contributed by atoms with Gasteiger partial charge in [-0.3, -0.25) is 9.78 Å². The number of hydrogen-bond donors (Lipinski definition) is 1. The zero-order chi connectivity index (χ0) is 12.4. The second-order valence-electron chi connectivity index (χ2n) is 4.86. The smallest absolute Gasteiger partial charge is 0.151 e. The number of fused-ring (bicyclic) bond motifs is 1. The van der Waals surface area contributed by atoms with Crippen LogP contribution in [0.15, 0.2) is 36.5 Å². The van der Waals surface area contributed by atoms with E-state index >= 15 is 0 Å². The van der Waals surface area contributed by atoms with Crippen LogP contribution < -0.4 is 5.32 Å². The molecule has 0 atom stereocenters. The first-order chi connectivity index (χ1) is 8.83. The second kappa shape index (κ2) is 4.86. The molecule has 1 aromatic carbocycles. The lowest BCUT2D eigenvalue weighted by molar-refractivity contribution is -0.117. The van der Waals surface area contributed by atoms with Crippen LogP contribution in [0.3, 0.4) is 0 Å². The van der Waals surface area contributed by atoms with E-state index in [4.69, 9.17) is 0 Å². The SMILES string of the molecule is O=C(CNC1CC1)Cc1ccnc2ccccc12. The molecule has 0 radical (unpaired) electrons. The van der Waals surface area contributed by atoms with Gasteiger partial charge in [-0.1, -0.05) is 18.2 Å². The van der Waals surface area contributed by atoms with E-state index in [9.17, 15) is 4.79 Å². The van der Waals surface area contributed by atoms with Crippen molar-refractivity contribution < 1.29 is 4.79 Å². The fourth-order valence-corrected chi connectivity index (χ4v) is 2.13. The van der Waals surface area contributed by atoms with Gasteiger partial charge in [-0.15, -0.1) is 0 Å². The Morgan fingerprint density at radius 3 is 2.94 bits per heavy atom. The molecule has 92 valence electrons. The fraction of sp³-hybridized carbons (Fsp3) is 0.333. The molecule has 2 aromatic rings. The molecule has 1 aliphatic carbocycles. The zero-order valence-corrected chi connectivity index (χ0v) is 10.2. The molecule has 0 unspecified atom stereocenters. The molecule has 1 aliphatic rings. The van der Waals surface area contributed by atoms with Gasteiger partial charge in [0.15, 0.2) is 5.78 Å². The summed E-state index contributed by atoms with van der Waals surface area (Å²) in [5, 5.41) is 4.34. The summed E-state index contributed by atoms with van der Waals surface area (Å²) in [4.78, 5) is 16.2. The normalized spacial score (nSPS) is 14.9. The van der Waals surface area contributed by atoms with E-state index in [-0.39, 0.29) is 5.78 Å². The number of nitrogens with zero attached hydrogens (tertiary/aromatic N) is 1. The van der Waals surface area contributed by atoms with Crippen LogP contribution in [0.25, 0.3) is 10.9 Å². The molecule has 1 heterocycles. The third-order valence-corrected chi connectivity index (χ3v) is 3.29. The van der Waals surface area contributed by atoms with Gasteiger partial charge in [-0.05, 0) is 30.5 Å². The van der Waals surface area contributed by atoms with Crippen molar-refractivity contribution >= 4 is 16.7 Å². The number of aromatic nitrogens is 1. The van der Waals surface area contributed by atoms with Gasteiger partial charge in [0.05, 0.1) is 12.1 Å². The lowest BCUT2D eigenvalue weighted by Gasteiger charge is -2.06. The molecular formula is C15H16N2O. The minimum absolute atomic E-state index is 0.248. The monoisotopic (exact) mass is 240 g/mol. The molecule has 0 bridgehead atoms. The maximum atomic E-state index is 11.9. The van der Waals surface area contributed by atoms with Crippen molar-refractivity contribution in [3.05, 3.63) is 42.1 Å². The number of pyridine rings is 1. The molecule has 0 spiro atoms. The molecule has 1 aromatic heterocycles. The molecule has 0 aliphatic heterocycles. The number of rotatable bonds is 5. The van der Waals surface area contributed by atoms with Gasteiger partial charge in [-0.25, -0.2) is 0 Å². The molecule has 3 heteroatoms. The standard InChI is InChI=1S/C15H16N2O/c18-13(10-17-12-5-6-12)9-11-7-8-16-15-4-2-1-3-14(11)15/h1-4,7-8,12,17H,5-6,9-10H2. The highest BCUT2D eigenvalue weighted by molar-refractivity contribution is 5.89. The summed E-state index contributed by atoms with van der Waals surface area (Å²) in [5.74, 6) is 0.248. The number of para-hydroxylation sites is 1.